The number of ether oxygens (including phenoxy) is 1. The summed E-state index contributed by atoms with van der Waals surface area (Å²) in [5.41, 5.74) is 1.57. The van der Waals surface area contributed by atoms with Crippen LogP contribution >= 0.6 is 27.9 Å². The first-order valence-corrected chi connectivity index (χ1v) is 8.38. The van der Waals surface area contributed by atoms with E-state index in [9.17, 15) is 0 Å². The van der Waals surface area contributed by atoms with Crippen molar-refractivity contribution in [3.63, 3.8) is 0 Å². The van der Waals surface area contributed by atoms with Crippen molar-refractivity contribution < 1.29 is 4.74 Å². The van der Waals surface area contributed by atoms with Gasteiger partial charge in [0.05, 0.1) is 22.2 Å². The Balaban J connectivity index is 2.42. The Labute approximate surface area is 134 Å². The van der Waals surface area contributed by atoms with Crippen molar-refractivity contribution in [2.75, 3.05) is 38.7 Å². The molecule has 112 valence electrons. The number of fused-ring (bicyclic) bond motifs is 1. The van der Waals surface area contributed by atoms with Gasteiger partial charge in [0.2, 0.25) is 0 Å². The second kappa shape index (κ2) is 6.16. The van der Waals surface area contributed by atoms with E-state index in [1.54, 1.807) is 19.1 Å². The van der Waals surface area contributed by atoms with Crippen molar-refractivity contribution in [3.8, 4) is 5.75 Å². The van der Waals surface area contributed by atoms with Crippen LogP contribution in [-0.2, 0) is 0 Å². The molecular weight excluding hydrogens is 336 g/mol. The number of halogens is 1. The fourth-order valence-corrected chi connectivity index (χ4v) is 3.78. The highest BCUT2D eigenvalue weighted by atomic mass is 79.9. The lowest BCUT2D eigenvalue weighted by molar-refractivity contribution is 0.403. The zero-order chi connectivity index (χ0) is 14.9. The number of hydrogen-bond donors (Lipinski definition) is 0. The fraction of sp³-hybridized carbons (Fsp3) is 0.600. The van der Waals surface area contributed by atoms with Crippen LogP contribution in [0.25, 0.3) is 0 Å². The van der Waals surface area contributed by atoms with Crippen molar-refractivity contribution in [1.82, 2.24) is 4.31 Å². The molecule has 0 spiro atoms. The minimum atomic E-state index is 0.275. The van der Waals surface area contributed by atoms with Gasteiger partial charge in [-0.05, 0) is 52.5 Å². The van der Waals surface area contributed by atoms with Crippen LogP contribution in [0.4, 0.5) is 5.69 Å². The van der Waals surface area contributed by atoms with Crippen molar-refractivity contribution in [1.29, 1.82) is 0 Å². The Morgan fingerprint density at radius 1 is 1.30 bits per heavy atom. The number of anilines is 1. The molecule has 2 rings (SSSR count). The maximum atomic E-state index is 5.43. The zero-order valence-electron chi connectivity index (χ0n) is 12.9. The number of methoxy groups -OCH3 is 1. The van der Waals surface area contributed by atoms with Gasteiger partial charge in [-0.25, -0.2) is 4.31 Å². The number of hydrogen-bond acceptors (Lipinski definition) is 4. The molecule has 0 amide bonds. The van der Waals surface area contributed by atoms with E-state index in [1.165, 1.54) is 10.6 Å². The van der Waals surface area contributed by atoms with Gasteiger partial charge in [-0.2, -0.15) is 0 Å². The third kappa shape index (κ3) is 3.83. The Hall–Kier alpha value is -0.390. The van der Waals surface area contributed by atoms with Gasteiger partial charge in [0, 0.05) is 19.6 Å². The second-order valence-corrected chi connectivity index (χ2v) is 8.48. The van der Waals surface area contributed by atoms with Gasteiger partial charge < -0.3 is 9.64 Å². The van der Waals surface area contributed by atoms with Crippen LogP contribution in [0.15, 0.2) is 21.5 Å². The first-order valence-electron chi connectivity index (χ1n) is 6.82. The number of benzene rings is 1. The molecule has 0 fully saturated rings. The molecular formula is C15H23BrN2OS. The number of nitrogens with zero attached hydrogens (tertiary/aromatic N) is 2. The highest BCUT2D eigenvalue weighted by Gasteiger charge is 2.24. The average Bonchev–Trinajstić information content (AvgIpc) is 2.47. The molecule has 0 saturated carbocycles. The third-order valence-electron chi connectivity index (χ3n) is 3.18. The number of likely N-dealkylation sites (N-methyl/N-ethyl adjacent to an activating group) is 1. The number of rotatable bonds is 2. The van der Waals surface area contributed by atoms with E-state index < -0.39 is 0 Å². The van der Waals surface area contributed by atoms with Crippen LogP contribution in [0.1, 0.15) is 20.8 Å². The molecule has 0 radical (unpaired) electrons. The molecule has 0 saturated heterocycles. The molecule has 20 heavy (non-hydrogen) atoms. The van der Waals surface area contributed by atoms with Crippen molar-refractivity contribution in [2.45, 2.75) is 25.7 Å². The molecule has 5 heteroatoms. The summed E-state index contributed by atoms with van der Waals surface area (Å²) < 4.78 is 8.73. The average molecular weight is 359 g/mol. The normalized spacial score (nSPS) is 16.8. The predicted molar refractivity (Wildman–Crippen MR) is 90.8 cm³/mol. The molecule has 1 heterocycles. The van der Waals surface area contributed by atoms with Crippen LogP contribution in [0.5, 0.6) is 5.75 Å². The first kappa shape index (κ1) is 16.0. The molecule has 1 aliphatic rings. The first-order chi connectivity index (χ1) is 9.30. The Bertz CT molecular complexity index is 487. The van der Waals surface area contributed by atoms with Gasteiger partial charge in [0.25, 0.3) is 0 Å². The quantitative estimate of drug-likeness (QED) is 0.733. The van der Waals surface area contributed by atoms with E-state index in [0.29, 0.717) is 0 Å². The lowest BCUT2D eigenvalue weighted by Gasteiger charge is -2.31. The zero-order valence-corrected chi connectivity index (χ0v) is 15.3. The van der Waals surface area contributed by atoms with E-state index in [0.717, 1.165) is 29.9 Å². The maximum absolute atomic E-state index is 5.43. The summed E-state index contributed by atoms with van der Waals surface area (Å²) in [6.45, 7) is 10.0. The van der Waals surface area contributed by atoms with Crippen LogP contribution in [0.2, 0.25) is 0 Å². The maximum Gasteiger partial charge on any atom is 0.134 e. The van der Waals surface area contributed by atoms with Gasteiger partial charge in [-0.15, -0.1) is 0 Å². The summed E-state index contributed by atoms with van der Waals surface area (Å²) in [5.74, 6) is 0.891. The minimum Gasteiger partial charge on any atom is -0.496 e. The molecule has 1 aromatic rings. The fourth-order valence-electron chi connectivity index (χ4n) is 2.33. The second-order valence-electron chi connectivity index (χ2n) is 6.38. The van der Waals surface area contributed by atoms with Gasteiger partial charge in [0.15, 0.2) is 0 Å². The third-order valence-corrected chi connectivity index (χ3v) is 4.82. The highest BCUT2D eigenvalue weighted by Crippen LogP contribution is 2.41. The van der Waals surface area contributed by atoms with Gasteiger partial charge in [-0.1, -0.05) is 20.8 Å². The van der Waals surface area contributed by atoms with Crippen molar-refractivity contribution >= 4 is 33.6 Å². The Morgan fingerprint density at radius 2 is 2.00 bits per heavy atom. The van der Waals surface area contributed by atoms with Crippen molar-refractivity contribution in [2.24, 2.45) is 5.41 Å². The van der Waals surface area contributed by atoms with E-state index >= 15 is 0 Å². The van der Waals surface area contributed by atoms with Crippen LogP contribution in [0.3, 0.4) is 0 Å². The largest absolute Gasteiger partial charge is 0.496 e. The van der Waals surface area contributed by atoms with Gasteiger partial charge >= 0.3 is 0 Å². The van der Waals surface area contributed by atoms with Crippen LogP contribution in [-0.4, -0.2) is 38.1 Å². The van der Waals surface area contributed by atoms with E-state index in [4.69, 9.17) is 4.74 Å². The van der Waals surface area contributed by atoms with Crippen molar-refractivity contribution in [3.05, 3.63) is 16.6 Å². The standard InChI is InChI=1S/C15H23BrN2OS/c1-15(2,3)10-18-7-6-17(4)20-14-9-13(19-5)11(16)8-12(14)18/h8-9H,6-7,10H2,1-5H3. The molecule has 0 aromatic heterocycles. The Kier molecular flexibility index (Phi) is 4.92. The van der Waals surface area contributed by atoms with Gasteiger partial charge in [0.1, 0.15) is 5.75 Å². The summed E-state index contributed by atoms with van der Waals surface area (Å²) >= 11 is 5.40. The van der Waals surface area contributed by atoms with E-state index in [1.807, 2.05) is 0 Å². The van der Waals surface area contributed by atoms with Crippen LogP contribution in [0, 0.1) is 5.41 Å². The monoisotopic (exact) mass is 358 g/mol. The molecule has 0 aliphatic carbocycles. The summed E-state index contributed by atoms with van der Waals surface area (Å²) in [7, 11) is 3.86. The molecule has 0 atom stereocenters. The lowest BCUT2D eigenvalue weighted by atomic mass is 9.95. The summed E-state index contributed by atoms with van der Waals surface area (Å²) in [4.78, 5) is 3.74. The molecule has 1 aromatic carbocycles. The van der Waals surface area contributed by atoms with Gasteiger partial charge in [-0.3, -0.25) is 0 Å². The highest BCUT2D eigenvalue weighted by molar-refractivity contribution is 9.10. The predicted octanol–water partition coefficient (Wildman–Crippen LogP) is 4.26. The molecule has 0 unspecified atom stereocenters. The van der Waals surface area contributed by atoms with Crippen LogP contribution < -0.4 is 9.64 Å². The molecule has 1 aliphatic heterocycles. The van der Waals surface area contributed by atoms with E-state index in [-0.39, 0.29) is 5.41 Å². The summed E-state index contributed by atoms with van der Waals surface area (Å²) in [6, 6.07) is 4.31. The topological polar surface area (TPSA) is 15.7 Å². The molecule has 3 nitrogen and oxygen atoms in total. The lowest BCUT2D eigenvalue weighted by Crippen LogP contribution is -2.35. The summed E-state index contributed by atoms with van der Waals surface area (Å²) in [5, 5.41) is 0. The minimum absolute atomic E-state index is 0.275. The molecule has 0 N–H and O–H groups in total. The smallest absolute Gasteiger partial charge is 0.134 e. The SMILES string of the molecule is COc1cc2c(cc1Br)N(CC(C)(C)C)CCN(C)S2. The van der Waals surface area contributed by atoms with E-state index in [2.05, 4.69) is 65.1 Å². The summed E-state index contributed by atoms with van der Waals surface area (Å²) in [6.07, 6.45) is 0. The molecule has 0 bridgehead atoms. The Morgan fingerprint density at radius 3 is 2.60 bits per heavy atom.